The highest BCUT2D eigenvalue weighted by Gasteiger charge is 1.94. The third-order valence-corrected chi connectivity index (χ3v) is 1.69. The van der Waals surface area contributed by atoms with Crippen LogP contribution in [-0.4, -0.2) is 18.9 Å². The van der Waals surface area contributed by atoms with Crippen molar-refractivity contribution < 1.29 is 9.59 Å². The third kappa shape index (κ3) is 3.13. The first kappa shape index (κ1) is 8.20. The van der Waals surface area contributed by atoms with Crippen molar-refractivity contribution in [1.82, 2.24) is 0 Å². The lowest BCUT2D eigenvalue weighted by molar-refractivity contribution is 0.424. The minimum absolute atomic E-state index is 0.984. The summed E-state index contributed by atoms with van der Waals surface area (Å²) in [7, 11) is -2.21. The summed E-state index contributed by atoms with van der Waals surface area (Å²) < 4.78 is 0. The summed E-state index contributed by atoms with van der Waals surface area (Å²) in [5.41, 5.74) is 2.40. The van der Waals surface area contributed by atoms with Crippen LogP contribution in [-0.2, 0) is 0 Å². The van der Waals surface area contributed by atoms with Crippen LogP contribution in [0.25, 0.3) is 6.08 Å². The monoisotopic (exact) mass is 165 g/mol. The molecule has 1 rings (SSSR count). The maximum Gasteiger partial charge on any atom is 0.410 e. The van der Waals surface area contributed by atoms with Gasteiger partial charge in [-0.1, -0.05) is 36.4 Å². The van der Waals surface area contributed by atoms with Gasteiger partial charge in [0, 0.05) is 0 Å². The van der Waals surface area contributed by atoms with Gasteiger partial charge in [0.25, 0.3) is 0 Å². The predicted molar refractivity (Wildman–Crippen MR) is 45.7 cm³/mol. The molecule has 0 spiro atoms. The summed E-state index contributed by atoms with van der Waals surface area (Å²) >= 11 is 0. The van der Waals surface area contributed by atoms with Crippen LogP contribution in [0.15, 0.2) is 36.0 Å². The number of benzene rings is 1. The summed E-state index contributed by atoms with van der Waals surface area (Å²) in [5, 5.41) is 0. The van der Waals surface area contributed by atoms with E-state index in [1.165, 1.54) is 5.70 Å². The lowest BCUT2D eigenvalue weighted by atomic mass is 10.2. The van der Waals surface area contributed by atoms with Gasteiger partial charge in [0.1, 0.15) is 0 Å². The molecule has 0 unspecified atom stereocenters. The Morgan fingerprint density at radius 1 is 1.09 bits per heavy atom. The van der Waals surface area contributed by atoms with Crippen molar-refractivity contribution in [2.45, 2.75) is 0 Å². The van der Waals surface area contributed by atoms with Gasteiger partial charge in [-0.15, -0.1) is 0 Å². The van der Waals surface area contributed by atoms with Crippen molar-refractivity contribution in [3.8, 4) is 0 Å². The van der Waals surface area contributed by atoms with Crippen LogP contribution >= 0.6 is 0 Å². The molecule has 0 aliphatic heterocycles. The van der Waals surface area contributed by atoms with Crippen LogP contribution in [0.1, 0.15) is 5.56 Å². The zero-order valence-electron chi connectivity index (χ0n) is 5.94. The first-order valence-electron chi connectivity index (χ1n) is 3.27. The topological polar surface area (TPSA) is 40.5 Å². The summed E-state index contributed by atoms with van der Waals surface area (Å²) in [5.74, 6) is 0. The second kappa shape index (κ2) is 4.08. The molecular weight excluding hydrogens is 156 g/mol. The molecule has 0 aliphatic rings. The van der Waals surface area contributed by atoms with Gasteiger partial charge in [-0.2, -0.15) is 0 Å². The van der Waals surface area contributed by atoms with Crippen molar-refractivity contribution in [3.05, 3.63) is 41.6 Å². The molecule has 3 heteroatoms. The van der Waals surface area contributed by atoms with Gasteiger partial charge in [-0.25, -0.2) is 0 Å². The molecule has 1 aromatic rings. The average Bonchev–Trinajstić information content (AvgIpc) is 2.03. The van der Waals surface area contributed by atoms with E-state index in [9.17, 15) is 0 Å². The van der Waals surface area contributed by atoms with Gasteiger partial charge in [-0.05, 0) is 11.3 Å². The lowest BCUT2D eigenvalue weighted by Crippen LogP contribution is -2.05. The van der Waals surface area contributed by atoms with E-state index in [-0.39, 0.29) is 0 Å². The maximum atomic E-state index is 8.58. The number of rotatable bonds is 2. The minimum Gasteiger partial charge on any atom is -0.407 e. The molecule has 0 heterocycles. The van der Waals surface area contributed by atoms with E-state index in [0.29, 0.717) is 0 Å². The fourth-order valence-corrected chi connectivity index (χ4v) is 1.08. The van der Waals surface area contributed by atoms with Crippen LogP contribution in [0.3, 0.4) is 0 Å². The molecule has 57 valence electrons. The molecule has 0 aliphatic carbocycles. The Morgan fingerprint density at radius 3 is 2.27 bits per heavy atom. The Bertz CT molecular complexity index is 231. The van der Waals surface area contributed by atoms with E-state index in [4.69, 9.17) is 9.59 Å². The summed E-state index contributed by atoms with van der Waals surface area (Å²) in [6.45, 7) is 0. The smallest absolute Gasteiger partial charge is 0.407 e. The van der Waals surface area contributed by atoms with E-state index in [1.807, 2.05) is 30.3 Å². The molecule has 2 nitrogen and oxygen atoms in total. The largest absolute Gasteiger partial charge is 0.410 e. The van der Waals surface area contributed by atoms with Crippen molar-refractivity contribution in [1.29, 1.82) is 0 Å². The van der Waals surface area contributed by atoms with Crippen molar-refractivity contribution in [2.75, 3.05) is 0 Å². The summed E-state index contributed by atoms with van der Waals surface area (Å²) in [4.78, 5) is 17.2. The molecule has 1 radical (unpaired) electrons. The standard InChI is InChI=1S/C8H9O2Si/c9-11(10)7-6-8-4-2-1-3-5-8/h1-7,9-10H/b7-6+. The van der Waals surface area contributed by atoms with Crippen molar-refractivity contribution in [2.24, 2.45) is 0 Å². The molecule has 11 heavy (non-hydrogen) atoms. The van der Waals surface area contributed by atoms with E-state index < -0.39 is 9.28 Å². The van der Waals surface area contributed by atoms with Gasteiger partial charge in [0.15, 0.2) is 0 Å². The highest BCUT2D eigenvalue weighted by Crippen LogP contribution is 2.00. The minimum atomic E-state index is -2.21. The van der Waals surface area contributed by atoms with E-state index in [1.54, 1.807) is 6.08 Å². The molecule has 0 amide bonds. The first-order chi connectivity index (χ1) is 5.29. The summed E-state index contributed by atoms with van der Waals surface area (Å²) in [6.07, 6.45) is 1.70. The Morgan fingerprint density at radius 2 is 1.73 bits per heavy atom. The Hall–Kier alpha value is -0.903. The van der Waals surface area contributed by atoms with Gasteiger partial charge >= 0.3 is 9.28 Å². The van der Waals surface area contributed by atoms with E-state index >= 15 is 0 Å². The SMILES string of the molecule is O[Si](O)/C=C/c1ccccc1. The highest BCUT2D eigenvalue weighted by atomic mass is 28.3. The quantitative estimate of drug-likeness (QED) is 0.634. The van der Waals surface area contributed by atoms with Gasteiger partial charge in [0.2, 0.25) is 0 Å². The predicted octanol–water partition coefficient (Wildman–Crippen LogP) is 0.712. The fourth-order valence-electron chi connectivity index (χ4n) is 0.735. The molecular formula is C8H9O2Si. The van der Waals surface area contributed by atoms with E-state index in [2.05, 4.69) is 0 Å². The Balaban J connectivity index is 2.65. The molecule has 0 atom stereocenters. The van der Waals surface area contributed by atoms with Gasteiger partial charge in [-0.3, -0.25) is 0 Å². The lowest BCUT2D eigenvalue weighted by Gasteiger charge is -1.90. The second-order valence-electron chi connectivity index (χ2n) is 2.10. The van der Waals surface area contributed by atoms with Crippen LogP contribution in [0.4, 0.5) is 0 Å². The normalized spacial score (nSPS) is 11.2. The number of hydrogen-bond donors (Lipinski definition) is 2. The van der Waals surface area contributed by atoms with Crippen LogP contribution in [0.5, 0.6) is 0 Å². The molecule has 0 bridgehead atoms. The maximum absolute atomic E-state index is 8.58. The van der Waals surface area contributed by atoms with Gasteiger partial charge < -0.3 is 9.59 Å². The van der Waals surface area contributed by atoms with Crippen LogP contribution in [0.2, 0.25) is 0 Å². The third-order valence-electron chi connectivity index (χ3n) is 1.22. The van der Waals surface area contributed by atoms with Crippen molar-refractivity contribution >= 4 is 15.4 Å². The van der Waals surface area contributed by atoms with Crippen molar-refractivity contribution in [3.63, 3.8) is 0 Å². The molecule has 1 aromatic carbocycles. The van der Waals surface area contributed by atoms with E-state index in [0.717, 1.165) is 5.56 Å². The molecule has 0 saturated carbocycles. The zero-order valence-corrected chi connectivity index (χ0v) is 6.94. The molecule has 2 N–H and O–H groups in total. The highest BCUT2D eigenvalue weighted by molar-refractivity contribution is 6.48. The fraction of sp³-hybridized carbons (Fsp3) is 0. The first-order valence-corrected chi connectivity index (χ1v) is 4.74. The van der Waals surface area contributed by atoms with Crippen LogP contribution < -0.4 is 0 Å². The number of hydrogen-bond acceptors (Lipinski definition) is 2. The average molecular weight is 165 g/mol. The van der Waals surface area contributed by atoms with Gasteiger partial charge in [0.05, 0.1) is 0 Å². The Kier molecular flexibility index (Phi) is 3.04. The molecule has 0 aromatic heterocycles. The second-order valence-corrected chi connectivity index (χ2v) is 3.15. The molecule has 0 fully saturated rings. The Labute approximate surface area is 67.3 Å². The molecule has 0 saturated heterocycles. The zero-order chi connectivity index (χ0) is 8.10. The van der Waals surface area contributed by atoms with Crippen LogP contribution in [0, 0.1) is 0 Å². The summed E-state index contributed by atoms with van der Waals surface area (Å²) in [6, 6.07) is 9.53.